The molecule has 3 N–H and O–H groups in total. The molecule has 0 saturated carbocycles. The lowest BCUT2D eigenvalue weighted by molar-refractivity contribution is 0.0303. The Morgan fingerprint density at radius 1 is 1.03 bits per heavy atom. The Kier molecular flexibility index (Phi) is 5.76. The minimum absolute atomic E-state index is 0.0305. The molecule has 0 unspecified atom stereocenters. The van der Waals surface area contributed by atoms with Gasteiger partial charge in [0.25, 0.3) is 11.8 Å². The standard InChI is InChI=1S/C25H29N5O3/c1-16-3-2-4-21-19(16)15-22(27-21)25(32)29-9-7-17(8-10-29)20-6-5-18(23(26)28-20)24(31)30-11-13-33-14-12-30/h2-6,15,17,27H,7-14H2,1H3,(H2,26,28). The number of carbonyl (C=O) groups excluding carboxylic acids is 2. The zero-order valence-electron chi connectivity index (χ0n) is 18.8. The van der Waals surface area contributed by atoms with Crippen LogP contribution in [0.4, 0.5) is 5.82 Å². The van der Waals surface area contributed by atoms with E-state index in [1.807, 2.05) is 29.2 Å². The summed E-state index contributed by atoms with van der Waals surface area (Å²) < 4.78 is 5.32. The number of ether oxygens (including phenoxy) is 1. The number of aromatic amines is 1. The van der Waals surface area contributed by atoms with Gasteiger partial charge in [-0.3, -0.25) is 9.59 Å². The van der Waals surface area contributed by atoms with Crippen LogP contribution in [0.15, 0.2) is 36.4 Å². The largest absolute Gasteiger partial charge is 0.383 e. The van der Waals surface area contributed by atoms with Gasteiger partial charge < -0.3 is 25.3 Å². The molecule has 2 saturated heterocycles. The van der Waals surface area contributed by atoms with E-state index in [-0.39, 0.29) is 23.6 Å². The smallest absolute Gasteiger partial charge is 0.270 e. The zero-order valence-corrected chi connectivity index (χ0v) is 18.8. The van der Waals surface area contributed by atoms with Gasteiger partial charge >= 0.3 is 0 Å². The molecule has 33 heavy (non-hydrogen) atoms. The number of likely N-dealkylation sites (tertiary alicyclic amines) is 1. The highest BCUT2D eigenvalue weighted by Crippen LogP contribution is 2.29. The number of nitrogens with one attached hydrogen (secondary N) is 1. The van der Waals surface area contributed by atoms with E-state index < -0.39 is 0 Å². The van der Waals surface area contributed by atoms with Crippen LogP contribution in [0.5, 0.6) is 0 Å². The SMILES string of the molecule is Cc1cccc2[nH]c(C(=O)N3CCC(c4ccc(C(=O)N5CCOCC5)c(N)n4)CC3)cc12. The fourth-order valence-electron chi connectivity index (χ4n) is 4.81. The number of hydrogen-bond acceptors (Lipinski definition) is 5. The summed E-state index contributed by atoms with van der Waals surface area (Å²) >= 11 is 0. The van der Waals surface area contributed by atoms with Gasteiger partial charge in [0.1, 0.15) is 11.5 Å². The Labute approximate surface area is 192 Å². The maximum Gasteiger partial charge on any atom is 0.270 e. The number of nitrogens with two attached hydrogens (primary N) is 1. The van der Waals surface area contributed by atoms with E-state index in [2.05, 4.69) is 23.0 Å². The molecule has 2 aromatic heterocycles. The van der Waals surface area contributed by atoms with Crippen molar-refractivity contribution in [3.8, 4) is 0 Å². The summed E-state index contributed by atoms with van der Waals surface area (Å²) in [6, 6.07) is 11.7. The number of pyridine rings is 1. The van der Waals surface area contributed by atoms with Crippen molar-refractivity contribution in [1.82, 2.24) is 19.8 Å². The van der Waals surface area contributed by atoms with Gasteiger partial charge in [0.05, 0.1) is 18.8 Å². The Hall–Kier alpha value is -3.39. The van der Waals surface area contributed by atoms with Crippen molar-refractivity contribution < 1.29 is 14.3 Å². The van der Waals surface area contributed by atoms with Gasteiger partial charge in [0, 0.05) is 48.7 Å². The molecule has 0 spiro atoms. The van der Waals surface area contributed by atoms with Crippen LogP contribution in [0, 0.1) is 6.92 Å². The predicted molar refractivity (Wildman–Crippen MR) is 126 cm³/mol. The lowest BCUT2D eigenvalue weighted by Crippen LogP contribution is -2.41. The first kappa shape index (κ1) is 21.5. The minimum Gasteiger partial charge on any atom is -0.383 e. The van der Waals surface area contributed by atoms with Crippen molar-refractivity contribution in [2.75, 3.05) is 45.1 Å². The number of H-pyrrole nitrogens is 1. The monoisotopic (exact) mass is 447 g/mol. The molecule has 2 amide bonds. The molecular formula is C25H29N5O3. The molecular weight excluding hydrogens is 418 g/mol. The van der Waals surface area contributed by atoms with E-state index in [0.717, 1.165) is 35.0 Å². The molecule has 2 fully saturated rings. The molecule has 8 heteroatoms. The summed E-state index contributed by atoms with van der Waals surface area (Å²) in [4.78, 5) is 37.3. The number of hydrogen-bond donors (Lipinski definition) is 2. The quantitative estimate of drug-likeness (QED) is 0.642. The maximum absolute atomic E-state index is 13.1. The van der Waals surface area contributed by atoms with Crippen LogP contribution in [0.2, 0.25) is 0 Å². The number of benzene rings is 1. The van der Waals surface area contributed by atoms with Gasteiger partial charge in [-0.15, -0.1) is 0 Å². The number of aromatic nitrogens is 2. The number of anilines is 1. The normalized spacial score (nSPS) is 17.5. The fourth-order valence-corrected chi connectivity index (χ4v) is 4.81. The average molecular weight is 448 g/mol. The molecule has 0 bridgehead atoms. The van der Waals surface area contributed by atoms with Crippen LogP contribution in [-0.4, -0.2) is 71.0 Å². The van der Waals surface area contributed by atoms with Crippen molar-refractivity contribution in [2.45, 2.75) is 25.7 Å². The predicted octanol–water partition coefficient (Wildman–Crippen LogP) is 2.95. The number of aryl methyl sites for hydroxylation is 1. The second kappa shape index (κ2) is 8.86. The first-order chi connectivity index (χ1) is 16.0. The van der Waals surface area contributed by atoms with Crippen LogP contribution < -0.4 is 5.73 Å². The van der Waals surface area contributed by atoms with Gasteiger partial charge in [-0.2, -0.15) is 0 Å². The van der Waals surface area contributed by atoms with Gasteiger partial charge in [0.15, 0.2) is 0 Å². The Morgan fingerprint density at radius 2 is 1.76 bits per heavy atom. The van der Waals surface area contributed by atoms with Gasteiger partial charge in [-0.05, 0) is 49.6 Å². The Morgan fingerprint density at radius 3 is 2.45 bits per heavy atom. The lowest BCUT2D eigenvalue weighted by Gasteiger charge is -2.32. The van der Waals surface area contributed by atoms with E-state index >= 15 is 0 Å². The first-order valence-corrected chi connectivity index (χ1v) is 11.5. The molecule has 2 aliphatic rings. The topological polar surface area (TPSA) is 105 Å². The van der Waals surface area contributed by atoms with E-state index in [0.29, 0.717) is 50.7 Å². The van der Waals surface area contributed by atoms with Crippen LogP contribution in [0.1, 0.15) is 50.9 Å². The van der Waals surface area contributed by atoms with Crippen molar-refractivity contribution in [3.63, 3.8) is 0 Å². The van der Waals surface area contributed by atoms with Gasteiger partial charge in [-0.1, -0.05) is 12.1 Å². The molecule has 3 aromatic rings. The number of piperidine rings is 1. The highest BCUT2D eigenvalue weighted by Gasteiger charge is 2.28. The summed E-state index contributed by atoms with van der Waals surface area (Å²) in [6.45, 7) is 5.61. The highest BCUT2D eigenvalue weighted by atomic mass is 16.5. The van der Waals surface area contributed by atoms with Gasteiger partial charge in [0.2, 0.25) is 0 Å². The number of morpholine rings is 1. The average Bonchev–Trinajstić information content (AvgIpc) is 3.30. The third-order valence-corrected chi connectivity index (χ3v) is 6.79. The Balaban J connectivity index is 1.24. The third kappa shape index (κ3) is 4.18. The second-order valence-electron chi connectivity index (χ2n) is 8.86. The van der Waals surface area contributed by atoms with Crippen LogP contribution in [-0.2, 0) is 4.74 Å². The van der Waals surface area contributed by atoms with E-state index in [4.69, 9.17) is 10.5 Å². The first-order valence-electron chi connectivity index (χ1n) is 11.5. The van der Waals surface area contributed by atoms with E-state index in [9.17, 15) is 9.59 Å². The third-order valence-electron chi connectivity index (χ3n) is 6.79. The molecule has 4 heterocycles. The van der Waals surface area contributed by atoms with E-state index in [1.165, 1.54) is 0 Å². The Bertz CT molecular complexity index is 1190. The number of fused-ring (bicyclic) bond motifs is 1. The molecule has 5 rings (SSSR count). The number of nitrogen functional groups attached to an aromatic ring is 1. The summed E-state index contributed by atoms with van der Waals surface area (Å²) in [5.74, 6) is 0.427. The fraction of sp³-hybridized carbons (Fsp3) is 0.400. The number of carbonyl (C=O) groups is 2. The maximum atomic E-state index is 13.1. The molecule has 1 aromatic carbocycles. The molecule has 0 atom stereocenters. The molecule has 0 radical (unpaired) electrons. The van der Waals surface area contributed by atoms with Gasteiger partial charge in [-0.25, -0.2) is 4.98 Å². The number of amides is 2. The summed E-state index contributed by atoms with van der Waals surface area (Å²) in [5, 5.41) is 1.09. The molecule has 2 aliphatic heterocycles. The zero-order chi connectivity index (χ0) is 22.9. The summed E-state index contributed by atoms with van der Waals surface area (Å²) in [6.07, 6.45) is 1.63. The van der Waals surface area contributed by atoms with Crippen molar-refractivity contribution in [1.29, 1.82) is 0 Å². The molecule has 8 nitrogen and oxygen atoms in total. The van der Waals surface area contributed by atoms with Crippen LogP contribution in [0.3, 0.4) is 0 Å². The van der Waals surface area contributed by atoms with Crippen LogP contribution in [0.25, 0.3) is 10.9 Å². The van der Waals surface area contributed by atoms with Crippen molar-refractivity contribution in [3.05, 3.63) is 58.9 Å². The summed E-state index contributed by atoms with van der Waals surface area (Å²) in [5.41, 5.74) is 10.3. The summed E-state index contributed by atoms with van der Waals surface area (Å²) in [7, 11) is 0. The van der Waals surface area contributed by atoms with Crippen molar-refractivity contribution >= 4 is 28.5 Å². The lowest BCUT2D eigenvalue weighted by atomic mass is 9.92. The highest BCUT2D eigenvalue weighted by molar-refractivity contribution is 5.99. The number of nitrogens with zero attached hydrogens (tertiary/aromatic N) is 3. The second-order valence-corrected chi connectivity index (χ2v) is 8.86. The van der Waals surface area contributed by atoms with Crippen LogP contribution >= 0.6 is 0 Å². The van der Waals surface area contributed by atoms with E-state index in [1.54, 1.807) is 11.0 Å². The minimum atomic E-state index is -0.0937. The molecule has 172 valence electrons. The molecule has 0 aliphatic carbocycles. The van der Waals surface area contributed by atoms with Crippen molar-refractivity contribution in [2.24, 2.45) is 0 Å². The number of rotatable bonds is 3.